The molecular weight excluding hydrogens is 272 g/mol. The molecule has 1 N–H and O–H groups in total. The minimum absolute atomic E-state index is 0.342. The molecule has 1 aromatic carbocycles. The highest BCUT2D eigenvalue weighted by Gasteiger charge is 2.13. The van der Waals surface area contributed by atoms with E-state index in [1.807, 2.05) is 31.1 Å². The molecule has 0 aliphatic rings. The van der Waals surface area contributed by atoms with Crippen molar-refractivity contribution in [3.05, 3.63) is 29.8 Å². The predicted molar refractivity (Wildman–Crippen MR) is 83.5 cm³/mol. The van der Waals surface area contributed by atoms with E-state index in [1.165, 1.54) is 5.56 Å². The summed E-state index contributed by atoms with van der Waals surface area (Å²) in [6.07, 6.45) is 1.85. The van der Waals surface area contributed by atoms with Gasteiger partial charge < -0.3 is 4.90 Å². The second-order valence-corrected chi connectivity index (χ2v) is 7.20. The Morgan fingerprint density at radius 1 is 1.20 bits per heavy atom. The van der Waals surface area contributed by atoms with Crippen molar-refractivity contribution in [1.29, 1.82) is 0 Å². The van der Waals surface area contributed by atoms with Crippen molar-refractivity contribution in [3.8, 4) is 0 Å². The minimum atomic E-state index is -3.38. The third-order valence-corrected chi connectivity index (χ3v) is 4.92. The van der Waals surface area contributed by atoms with Crippen LogP contribution in [0, 0.1) is 0 Å². The molecule has 4 nitrogen and oxygen atoms in total. The summed E-state index contributed by atoms with van der Waals surface area (Å²) in [6, 6.07) is 7.19. The van der Waals surface area contributed by atoms with Gasteiger partial charge in [-0.2, -0.15) is 0 Å². The molecule has 20 heavy (non-hydrogen) atoms. The van der Waals surface area contributed by atoms with Crippen LogP contribution in [0.4, 0.5) is 0 Å². The van der Waals surface area contributed by atoms with E-state index in [1.54, 1.807) is 12.1 Å². The molecule has 1 atom stereocenters. The van der Waals surface area contributed by atoms with Crippen LogP contribution in [0.5, 0.6) is 0 Å². The van der Waals surface area contributed by atoms with Gasteiger partial charge in [0.05, 0.1) is 4.90 Å². The van der Waals surface area contributed by atoms with Crippen molar-refractivity contribution in [2.75, 3.05) is 27.2 Å². The van der Waals surface area contributed by atoms with Crippen molar-refractivity contribution in [1.82, 2.24) is 9.62 Å². The van der Waals surface area contributed by atoms with E-state index in [-0.39, 0.29) is 0 Å². The number of benzene rings is 1. The molecule has 1 rings (SSSR count). The Morgan fingerprint density at radius 2 is 1.80 bits per heavy atom. The number of nitrogens with one attached hydrogen (secondary N) is 1. The fraction of sp³-hybridized carbons (Fsp3) is 0.600. The van der Waals surface area contributed by atoms with Crippen LogP contribution < -0.4 is 4.72 Å². The maximum absolute atomic E-state index is 12.1. The summed E-state index contributed by atoms with van der Waals surface area (Å²) in [5, 5.41) is 0. The second-order valence-electron chi connectivity index (χ2n) is 5.43. The van der Waals surface area contributed by atoms with Crippen LogP contribution in [-0.4, -0.2) is 40.5 Å². The summed E-state index contributed by atoms with van der Waals surface area (Å²) >= 11 is 0. The lowest BCUT2D eigenvalue weighted by Crippen LogP contribution is -2.27. The average molecular weight is 298 g/mol. The number of hydrogen-bond acceptors (Lipinski definition) is 3. The molecule has 0 spiro atoms. The molecule has 1 aromatic rings. The minimum Gasteiger partial charge on any atom is -0.309 e. The summed E-state index contributed by atoms with van der Waals surface area (Å²) in [7, 11) is 0.573. The number of hydrogen-bond donors (Lipinski definition) is 1. The quantitative estimate of drug-likeness (QED) is 0.750. The van der Waals surface area contributed by atoms with Gasteiger partial charge in [0.25, 0.3) is 0 Å². The molecule has 5 heteroatoms. The second kappa shape index (κ2) is 7.76. The van der Waals surface area contributed by atoms with Gasteiger partial charge in [-0.05, 0) is 57.1 Å². The smallest absolute Gasteiger partial charge is 0.240 e. The first-order valence-electron chi connectivity index (χ1n) is 7.11. The van der Waals surface area contributed by atoms with Gasteiger partial charge >= 0.3 is 0 Å². The lowest BCUT2D eigenvalue weighted by atomic mass is 9.99. The van der Waals surface area contributed by atoms with E-state index in [2.05, 4.69) is 18.6 Å². The molecule has 0 bridgehead atoms. The molecule has 0 saturated carbocycles. The van der Waals surface area contributed by atoms with E-state index in [0.717, 1.165) is 19.4 Å². The zero-order valence-corrected chi connectivity index (χ0v) is 13.7. The van der Waals surface area contributed by atoms with E-state index in [9.17, 15) is 8.42 Å². The largest absolute Gasteiger partial charge is 0.309 e. The summed E-state index contributed by atoms with van der Waals surface area (Å²) in [6.45, 7) is 5.60. The average Bonchev–Trinajstić information content (AvgIpc) is 2.43. The molecule has 0 amide bonds. The van der Waals surface area contributed by atoms with E-state index < -0.39 is 10.0 Å². The molecule has 0 fully saturated rings. The lowest BCUT2D eigenvalue weighted by molar-refractivity contribution is 0.400. The molecular formula is C15H26N2O2S. The Labute approximate surface area is 123 Å². The van der Waals surface area contributed by atoms with Crippen LogP contribution in [0.25, 0.3) is 0 Å². The molecule has 0 aliphatic carbocycles. The first kappa shape index (κ1) is 17.1. The van der Waals surface area contributed by atoms with Crippen LogP contribution in [0.1, 0.15) is 38.2 Å². The van der Waals surface area contributed by atoms with Gasteiger partial charge in [0, 0.05) is 6.54 Å². The SMILES string of the molecule is CC[C@H](C)c1ccc(S(=O)(=O)NCCCN(C)C)cc1. The van der Waals surface area contributed by atoms with Gasteiger partial charge in [-0.1, -0.05) is 26.0 Å². The first-order chi connectivity index (χ1) is 9.36. The zero-order valence-electron chi connectivity index (χ0n) is 12.9. The molecule has 0 aromatic heterocycles. The molecule has 114 valence electrons. The summed E-state index contributed by atoms with van der Waals surface area (Å²) in [5.74, 6) is 0.458. The third kappa shape index (κ3) is 5.23. The van der Waals surface area contributed by atoms with Crippen molar-refractivity contribution >= 4 is 10.0 Å². The first-order valence-corrected chi connectivity index (χ1v) is 8.59. The zero-order chi connectivity index (χ0) is 15.2. The number of nitrogens with zero attached hydrogens (tertiary/aromatic N) is 1. The van der Waals surface area contributed by atoms with Crippen LogP contribution in [0.15, 0.2) is 29.2 Å². The summed E-state index contributed by atoms with van der Waals surface area (Å²) in [5.41, 5.74) is 1.18. The van der Waals surface area contributed by atoms with Crippen molar-refractivity contribution in [3.63, 3.8) is 0 Å². The van der Waals surface area contributed by atoms with Gasteiger partial charge in [-0.25, -0.2) is 13.1 Å². The molecule has 0 unspecified atom stereocenters. The van der Waals surface area contributed by atoms with Gasteiger partial charge in [-0.15, -0.1) is 0 Å². The topological polar surface area (TPSA) is 49.4 Å². The molecule has 0 aliphatic heterocycles. The van der Waals surface area contributed by atoms with Crippen LogP contribution in [-0.2, 0) is 10.0 Å². The normalized spacial score (nSPS) is 13.7. The number of rotatable bonds is 8. The van der Waals surface area contributed by atoms with Crippen LogP contribution in [0.2, 0.25) is 0 Å². The predicted octanol–water partition coefficient (Wildman–Crippen LogP) is 2.43. The van der Waals surface area contributed by atoms with Crippen molar-refractivity contribution in [2.45, 2.75) is 37.5 Å². The molecule has 0 radical (unpaired) electrons. The van der Waals surface area contributed by atoms with Crippen LogP contribution in [0.3, 0.4) is 0 Å². The highest BCUT2D eigenvalue weighted by molar-refractivity contribution is 7.89. The Morgan fingerprint density at radius 3 is 2.30 bits per heavy atom. The summed E-state index contributed by atoms with van der Waals surface area (Å²) < 4.78 is 26.8. The Hall–Kier alpha value is -0.910. The van der Waals surface area contributed by atoms with Gasteiger partial charge in [-0.3, -0.25) is 0 Å². The van der Waals surface area contributed by atoms with Gasteiger partial charge in [0.1, 0.15) is 0 Å². The fourth-order valence-electron chi connectivity index (χ4n) is 1.90. The van der Waals surface area contributed by atoms with E-state index >= 15 is 0 Å². The maximum atomic E-state index is 12.1. The van der Waals surface area contributed by atoms with E-state index in [4.69, 9.17) is 0 Å². The third-order valence-electron chi connectivity index (χ3n) is 3.45. The molecule has 0 heterocycles. The standard InChI is InChI=1S/C15H26N2O2S/c1-5-13(2)14-7-9-15(10-8-14)20(18,19)16-11-6-12-17(3)4/h7-10,13,16H,5-6,11-12H2,1-4H3/t13-/m0/s1. The monoisotopic (exact) mass is 298 g/mol. The lowest BCUT2D eigenvalue weighted by Gasteiger charge is -2.12. The Bertz CT molecular complexity index is 495. The maximum Gasteiger partial charge on any atom is 0.240 e. The van der Waals surface area contributed by atoms with Crippen molar-refractivity contribution in [2.24, 2.45) is 0 Å². The highest BCUT2D eigenvalue weighted by atomic mass is 32.2. The Kier molecular flexibility index (Phi) is 6.65. The van der Waals surface area contributed by atoms with E-state index in [0.29, 0.717) is 17.4 Å². The van der Waals surface area contributed by atoms with Crippen molar-refractivity contribution < 1.29 is 8.42 Å². The van der Waals surface area contributed by atoms with Gasteiger partial charge in [0.2, 0.25) is 10.0 Å². The fourth-order valence-corrected chi connectivity index (χ4v) is 2.97. The molecule has 0 saturated heterocycles. The number of sulfonamides is 1. The highest BCUT2D eigenvalue weighted by Crippen LogP contribution is 2.20. The Balaban J connectivity index is 2.63. The summed E-state index contributed by atoms with van der Waals surface area (Å²) in [4.78, 5) is 2.38. The van der Waals surface area contributed by atoms with Gasteiger partial charge in [0.15, 0.2) is 0 Å². The van der Waals surface area contributed by atoms with Crippen LogP contribution >= 0.6 is 0 Å².